The molecular weight excluding hydrogens is 661 g/mol. The summed E-state index contributed by atoms with van der Waals surface area (Å²) in [6.45, 7) is 23.7. The fourth-order valence-corrected chi connectivity index (χ4v) is 12.4. The maximum Gasteiger partial charge on any atom is 0.256 e. The highest BCUT2D eigenvalue weighted by atomic mass is 35.5. The summed E-state index contributed by atoms with van der Waals surface area (Å²) in [6, 6.07) is 8.36. The van der Waals surface area contributed by atoms with Gasteiger partial charge in [0.25, 0.3) is 5.91 Å². The number of rotatable bonds is 10. The van der Waals surface area contributed by atoms with Gasteiger partial charge in [-0.1, -0.05) is 70.8 Å². The molecule has 0 saturated carbocycles. The van der Waals surface area contributed by atoms with E-state index < -0.39 is 22.9 Å². The zero-order chi connectivity index (χ0) is 35.3. The average molecular weight is 717 g/mol. The summed E-state index contributed by atoms with van der Waals surface area (Å²) in [6.07, 6.45) is 0.320. The molecule has 1 unspecified atom stereocenters. The molecule has 260 valence electrons. The molecule has 1 aliphatic heterocycles. The Morgan fingerprint density at radius 1 is 0.891 bits per heavy atom. The van der Waals surface area contributed by atoms with Gasteiger partial charge in [0.2, 0.25) is 5.75 Å². The number of amides is 1. The lowest BCUT2D eigenvalue weighted by molar-refractivity contribution is -0.00222. The fourth-order valence-electron chi connectivity index (χ4n) is 4.52. The van der Waals surface area contributed by atoms with Gasteiger partial charge in [-0.2, -0.15) is 0 Å². The van der Waals surface area contributed by atoms with Gasteiger partial charge in [0.1, 0.15) is 0 Å². The van der Waals surface area contributed by atoms with E-state index >= 15 is 0 Å². The Morgan fingerprint density at radius 3 is 1.83 bits per heavy atom. The van der Waals surface area contributed by atoms with Crippen molar-refractivity contribution in [1.29, 1.82) is 0 Å². The standard InChI is InChI=1S/C22H25Cl2NO6.C12H30OSi2/c1-28-18-10-14(11-19(29-2)20(18)30-3)21(27)25-12-15(5-4-8-26)31-22(25)13-6-7-16(23)17(24)9-13;1-11(2,3)14(7,8)13-15(9,10)12(4,5)6/h6-7,9-11,15,22,26H,4-5,8,12H2,1-3H3;1-10H3/t15-,22?;/m1./s1. The van der Waals surface area contributed by atoms with Crippen molar-refractivity contribution < 1.29 is 33.0 Å². The highest BCUT2D eigenvalue weighted by molar-refractivity contribution is 6.87. The normalized spacial score (nSPS) is 17.3. The molecule has 0 radical (unpaired) electrons. The first-order valence-corrected chi connectivity index (χ1v) is 22.2. The van der Waals surface area contributed by atoms with Gasteiger partial charge in [-0.05, 0) is 73.4 Å². The first-order valence-electron chi connectivity index (χ1n) is 15.7. The minimum absolute atomic E-state index is 0.0537. The van der Waals surface area contributed by atoms with Gasteiger partial charge in [-0.15, -0.1) is 0 Å². The van der Waals surface area contributed by atoms with Crippen LogP contribution >= 0.6 is 23.2 Å². The van der Waals surface area contributed by atoms with Crippen LogP contribution in [0.3, 0.4) is 0 Å². The molecule has 46 heavy (non-hydrogen) atoms. The molecule has 0 bridgehead atoms. The third-order valence-electron chi connectivity index (χ3n) is 9.21. The number of ether oxygens (including phenoxy) is 4. The molecule has 2 atom stereocenters. The van der Waals surface area contributed by atoms with Gasteiger partial charge < -0.3 is 33.1 Å². The summed E-state index contributed by atoms with van der Waals surface area (Å²) in [4.78, 5) is 15.2. The smallest absolute Gasteiger partial charge is 0.256 e. The highest BCUT2D eigenvalue weighted by Crippen LogP contribution is 2.45. The Hall–Kier alpha value is -1.80. The summed E-state index contributed by atoms with van der Waals surface area (Å²) in [5.74, 6) is 0.907. The van der Waals surface area contributed by atoms with Crippen LogP contribution in [0, 0.1) is 0 Å². The monoisotopic (exact) mass is 715 g/mol. The molecule has 2 aromatic rings. The van der Waals surface area contributed by atoms with E-state index in [0.717, 1.165) is 0 Å². The molecule has 0 spiro atoms. The van der Waals surface area contributed by atoms with Crippen molar-refractivity contribution in [1.82, 2.24) is 4.90 Å². The lowest BCUT2D eigenvalue weighted by Gasteiger charge is -2.47. The Labute approximate surface area is 288 Å². The fraction of sp³-hybridized carbons (Fsp3) is 0.618. The number of aliphatic hydroxyl groups excluding tert-OH is 1. The zero-order valence-corrected chi connectivity index (χ0v) is 33.5. The molecular formula is C34H55Cl2NO7Si2. The first kappa shape index (κ1) is 40.4. The van der Waals surface area contributed by atoms with E-state index in [1.54, 1.807) is 35.2 Å². The third kappa shape index (κ3) is 9.87. The van der Waals surface area contributed by atoms with E-state index in [1.807, 2.05) is 0 Å². The predicted molar refractivity (Wildman–Crippen MR) is 193 cm³/mol. The number of carbonyl (C=O) groups is 1. The van der Waals surface area contributed by atoms with Crippen LogP contribution in [-0.2, 0) is 8.85 Å². The topological polar surface area (TPSA) is 86.7 Å². The van der Waals surface area contributed by atoms with Gasteiger partial charge >= 0.3 is 0 Å². The van der Waals surface area contributed by atoms with Gasteiger partial charge in [-0.25, -0.2) is 0 Å². The number of hydrogen-bond acceptors (Lipinski definition) is 7. The molecule has 12 heteroatoms. The van der Waals surface area contributed by atoms with Crippen LogP contribution in [0.5, 0.6) is 17.2 Å². The van der Waals surface area contributed by atoms with Crippen molar-refractivity contribution in [3.8, 4) is 17.2 Å². The largest absolute Gasteiger partial charge is 0.493 e. The van der Waals surface area contributed by atoms with E-state index in [9.17, 15) is 9.90 Å². The lowest BCUT2D eigenvalue weighted by Crippen LogP contribution is -2.53. The van der Waals surface area contributed by atoms with Crippen LogP contribution in [0.15, 0.2) is 30.3 Å². The maximum atomic E-state index is 13.5. The number of benzene rings is 2. The molecule has 0 aliphatic carbocycles. The van der Waals surface area contributed by atoms with Crippen molar-refractivity contribution in [3.05, 3.63) is 51.5 Å². The Bertz CT molecular complexity index is 1280. The van der Waals surface area contributed by atoms with Crippen LogP contribution < -0.4 is 14.2 Å². The summed E-state index contributed by atoms with van der Waals surface area (Å²) in [7, 11) is 1.31. The molecule has 1 aliphatic rings. The second-order valence-corrected chi connectivity index (χ2v) is 25.3. The van der Waals surface area contributed by atoms with E-state index in [1.165, 1.54) is 21.3 Å². The number of nitrogens with zero attached hydrogens (tertiary/aromatic N) is 1. The molecule has 1 saturated heterocycles. The van der Waals surface area contributed by atoms with Crippen molar-refractivity contribution in [3.63, 3.8) is 0 Å². The number of methoxy groups -OCH3 is 3. The Kier molecular flexibility index (Phi) is 14.1. The van der Waals surface area contributed by atoms with E-state index in [0.29, 0.717) is 67.9 Å². The second-order valence-electron chi connectivity index (χ2n) is 14.6. The predicted octanol–water partition coefficient (Wildman–Crippen LogP) is 9.34. The summed E-state index contributed by atoms with van der Waals surface area (Å²) in [5, 5.41) is 10.6. The van der Waals surface area contributed by atoms with E-state index in [2.05, 4.69) is 67.7 Å². The van der Waals surface area contributed by atoms with Gasteiger partial charge in [-0.3, -0.25) is 4.79 Å². The van der Waals surface area contributed by atoms with Crippen LogP contribution in [0.1, 0.15) is 76.5 Å². The molecule has 2 aromatic carbocycles. The molecule has 1 N–H and O–H groups in total. The lowest BCUT2D eigenvalue weighted by atomic mass is 10.1. The Morgan fingerprint density at radius 2 is 1.41 bits per heavy atom. The molecule has 1 heterocycles. The Balaban J connectivity index is 0.000000415. The molecule has 1 fully saturated rings. The third-order valence-corrected chi connectivity index (χ3v) is 21.3. The molecule has 0 aromatic heterocycles. The molecule has 3 rings (SSSR count). The number of carbonyl (C=O) groups excluding carboxylic acids is 1. The number of aliphatic hydroxyl groups is 1. The van der Waals surface area contributed by atoms with Gasteiger partial charge in [0.15, 0.2) is 34.4 Å². The van der Waals surface area contributed by atoms with E-state index in [4.69, 9.17) is 46.3 Å². The molecule has 1 amide bonds. The van der Waals surface area contributed by atoms with Gasteiger partial charge in [0, 0.05) is 17.7 Å². The van der Waals surface area contributed by atoms with E-state index in [-0.39, 0.29) is 18.6 Å². The second kappa shape index (κ2) is 16.1. The zero-order valence-electron chi connectivity index (χ0n) is 30.0. The van der Waals surface area contributed by atoms with Crippen molar-refractivity contribution in [2.45, 2.75) is 103 Å². The van der Waals surface area contributed by atoms with Crippen LogP contribution in [-0.4, -0.2) is 73.1 Å². The van der Waals surface area contributed by atoms with Crippen molar-refractivity contribution in [2.24, 2.45) is 0 Å². The average Bonchev–Trinajstić information content (AvgIpc) is 3.39. The summed E-state index contributed by atoms with van der Waals surface area (Å²) < 4.78 is 28.9. The summed E-state index contributed by atoms with van der Waals surface area (Å²) in [5.41, 5.74) is 1.08. The SMILES string of the molecule is CC(C)(C)[Si](C)(C)O[Si](C)(C)C(C)(C)C.COc1cc(C(=O)N2C[C@@H](CCCO)OC2c2ccc(Cl)c(Cl)c2)cc(OC)c1OC. The maximum absolute atomic E-state index is 13.5. The number of hydrogen-bond donors (Lipinski definition) is 1. The quantitative estimate of drug-likeness (QED) is 0.245. The van der Waals surface area contributed by atoms with Crippen LogP contribution in [0.25, 0.3) is 0 Å². The van der Waals surface area contributed by atoms with Crippen molar-refractivity contribution >= 4 is 45.7 Å². The summed E-state index contributed by atoms with van der Waals surface area (Å²) >= 11 is 12.3. The first-order chi connectivity index (χ1) is 21.1. The highest BCUT2D eigenvalue weighted by Gasteiger charge is 2.46. The van der Waals surface area contributed by atoms with Crippen molar-refractivity contribution in [2.75, 3.05) is 34.5 Å². The van der Waals surface area contributed by atoms with Gasteiger partial charge in [0.05, 0.1) is 44.0 Å². The molecule has 8 nitrogen and oxygen atoms in total. The van der Waals surface area contributed by atoms with Crippen LogP contribution in [0.4, 0.5) is 0 Å². The minimum atomic E-state index is -1.59. The van der Waals surface area contributed by atoms with Crippen LogP contribution in [0.2, 0.25) is 46.3 Å². The minimum Gasteiger partial charge on any atom is -0.493 e. The number of halogens is 2.